The molecule has 0 aromatic heterocycles. The van der Waals surface area contributed by atoms with Crippen LogP contribution in [0.25, 0.3) is 0 Å². The van der Waals surface area contributed by atoms with Crippen molar-refractivity contribution < 1.29 is 34.0 Å². The van der Waals surface area contributed by atoms with Crippen LogP contribution in [0.4, 0.5) is 0 Å². The molecule has 0 heterocycles. The fourth-order valence-electron chi connectivity index (χ4n) is 0.658. The second-order valence-electron chi connectivity index (χ2n) is 1.80. The number of hydrogen-bond donors (Lipinski definition) is 0. The van der Waals surface area contributed by atoms with Crippen LogP contribution in [0, 0.1) is 0 Å². The Balaban J connectivity index is 2.85. The molecule has 0 spiro atoms. The fraction of sp³-hybridized carbons (Fsp3) is 0. The molecule has 0 aliphatic rings. The van der Waals surface area contributed by atoms with E-state index in [1.165, 1.54) is 0 Å². The zero-order chi connectivity index (χ0) is 7.40. The molecule has 0 aliphatic heterocycles. The Morgan fingerprint density at radius 3 is 2.40 bits per heavy atom. The molecule has 1 aromatic rings. The summed E-state index contributed by atoms with van der Waals surface area (Å²) >= 11 is 0.0932. The van der Waals surface area contributed by atoms with E-state index in [2.05, 4.69) is 0 Å². The van der Waals surface area contributed by atoms with E-state index in [1.807, 2.05) is 18.2 Å². The van der Waals surface area contributed by atoms with Crippen LogP contribution >= 0.6 is 0 Å². The summed E-state index contributed by atoms with van der Waals surface area (Å²) in [6.07, 6.45) is 0. The first-order chi connectivity index (χ1) is 4.84. The van der Waals surface area contributed by atoms with Crippen LogP contribution in [0.15, 0.2) is 30.3 Å². The third-order valence-electron chi connectivity index (χ3n) is 1.14. The van der Waals surface area contributed by atoms with Crippen molar-refractivity contribution in [2.24, 2.45) is 0 Å². The molecular formula is C7H5HgO2. The minimum atomic E-state index is -0.205. The van der Waals surface area contributed by atoms with Crippen molar-refractivity contribution in [1.29, 1.82) is 0 Å². The Bertz CT molecular complexity index is 220. The second-order valence-corrected chi connectivity index (χ2v) is 2.92. The Labute approximate surface area is 75.8 Å². The quantitative estimate of drug-likeness (QED) is 0.729. The summed E-state index contributed by atoms with van der Waals surface area (Å²) in [4.78, 5) is 10.8. The van der Waals surface area contributed by atoms with E-state index < -0.39 is 0 Å². The molecule has 0 amide bonds. The van der Waals surface area contributed by atoms with Gasteiger partial charge in [-0.25, -0.2) is 0 Å². The summed E-state index contributed by atoms with van der Waals surface area (Å²) in [7, 11) is 0. The zero-order valence-corrected chi connectivity index (χ0v) is 10.9. The van der Waals surface area contributed by atoms with Gasteiger partial charge in [-0.2, -0.15) is 0 Å². The summed E-state index contributed by atoms with van der Waals surface area (Å²) < 4.78 is 4.69. The van der Waals surface area contributed by atoms with Gasteiger partial charge in [0.1, 0.15) is 0 Å². The molecule has 0 bridgehead atoms. The molecule has 0 saturated carbocycles. The molecule has 1 rings (SSSR count). The Hall–Kier alpha value is -0.375. The van der Waals surface area contributed by atoms with E-state index in [1.54, 1.807) is 12.1 Å². The molecule has 0 saturated heterocycles. The summed E-state index contributed by atoms with van der Waals surface area (Å²) in [5, 5.41) is 0. The Morgan fingerprint density at radius 2 is 1.90 bits per heavy atom. The van der Waals surface area contributed by atoms with Gasteiger partial charge in [-0.3, -0.25) is 0 Å². The van der Waals surface area contributed by atoms with Crippen LogP contribution in [-0.4, -0.2) is 5.97 Å². The molecule has 10 heavy (non-hydrogen) atoms. The van der Waals surface area contributed by atoms with E-state index in [0.717, 1.165) is 0 Å². The van der Waals surface area contributed by atoms with Gasteiger partial charge in [0.15, 0.2) is 0 Å². The van der Waals surface area contributed by atoms with Gasteiger partial charge >= 0.3 is 75.9 Å². The molecule has 3 heteroatoms. The third kappa shape index (κ3) is 1.80. The van der Waals surface area contributed by atoms with Gasteiger partial charge in [0.05, 0.1) is 0 Å². The standard InChI is InChI=1S/C7H6O2.Hg/c8-7(9)6-4-2-1-3-5-6;/h1-5H,(H,8,9);/q;+1/p-1. The topological polar surface area (TPSA) is 26.3 Å². The Morgan fingerprint density at radius 1 is 1.30 bits per heavy atom. The Kier molecular flexibility index (Phi) is 2.87. The molecule has 0 N–H and O–H groups in total. The van der Waals surface area contributed by atoms with Crippen LogP contribution in [0.2, 0.25) is 0 Å². The summed E-state index contributed by atoms with van der Waals surface area (Å²) in [6.45, 7) is 0. The van der Waals surface area contributed by atoms with E-state index in [-0.39, 0.29) is 32.5 Å². The molecule has 0 atom stereocenters. The number of carbonyl (C=O) groups excluding carboxylic acids is 1. The normalized spacial score (nSPS) is 9.00. The van der Waals surface area contributed by atoms with Crippen molar-refractivity contribution in [1.82, 2.24) is 0 Å². The molecule has 0 fully saturated rings. The first-order valence-corrected chi connectivity index (χ1v) is 5.10. The number of carbonyl (C=O) groups is 1. The SMILES string of the molecule is O=C([O][Hg])c1ccccc1. The van der Waals surface area contributed by atoms with Crippen LogP contribution in [0.5, 0.6) is 0 Å². The van der Waals surface area contributed by atoms with Gasteiger partial charge in [0.2, 0.25) is 0 Å². The first-order valence-electron chi connectivity index (χ1n) is 2.86. The van der Waals surface area contributed by atoms with Crippen molar-refractivity contribution >= 4 is 5.97 Å². The van der Waals surface area contributed by atoms with Crippen LogP contribution in [0.1, 0.15) is 10.4 Å². The van der Waals surface area contributed by atoms with Gasteiger partial charge in [0.25, 0.3) is 0 Å². The van der Waals surface area contributed by atoms with E-state index in [9.17, 15) is 4.79 Å². The average Bonchev–Trinajstić information content (AvgIpc) is 2.05. The zero-order valence-electron chi connectivity index (χ0n) is 5.41. The predicted molar refractivity (Wildman–Crippen MR) is 31.9 cm³/mol. The summed E-state index contributed by atoms with van der Waals surface area (Å²) in [5.74, 6) is -0.205. The summed E-state index contributed by atoms with van der Waals surface area (Å²) in [6, 6.07) is 9.00. The first kappa shape index (κ1) is 7.73. The van der Waals surface area contributed by atoms with Crippen molar-refractivity contribution in [3.8, 4) is 0 Å². The van der Waals surface area contributed by atoms with Crippen LogP contribution in [-0.2, 0) is 29.2 Å². The van der Waals surface area contributed by atoms with Crippen LogP contribution in [0.3, 0.4) is 0 Å². The molecular weight excluding hydrogens is 317 g/mol. The maximum atomic E-state index is 10.8. The van der Waals surface area contributed by atoms with E-state index in [4.69, 9.17) is 2.64 Å². The predicted octanol–water partition coefficient (Wildman–Crippen LogP) is 1.31. The maximum absolute atomic E-state index is 10.8. The molecule has 0 aliphatic carbocycles. The average molecular weight is 322 g/mol. The minimum absolute atomic E-state index is 0.0932. The van der Waals surface area contributed by atoms with Crippen LogP contribution < -0.4 is 0 Å². The van der Waals surface area contributed by atoms with E-state index in [0.29, 0.717) is 5.56 Å². The second kappa shape index (κ2) is 3.71. The van der Waals surface area contributed by atoms with Crippen molar-refractivity contribution in [2.45, 2.75) is 0 Å². The number of hydrogen-bond acceptors (Lipinski definition) is 2. The third-order valence-corrected chi connectivity index (χ3v) is 2.16. The molecule has 0 unspecified atom stereocenters. The van der Waals surface area contributed by atoms with Crippen molar-refractivity contribution in [3.63, 3.8) is 0 Å². The van der Waals surface area contributed by atoms with Gasteiger partial charge in [0, 0.05) is 0 Å². The van der Waals surface area contributed by atoms with Crippen molar-refractivity contribution in [2.75, 3.05) is 0 Å². The van der Waals surface area contributed by atoms with E-state index >= 15 is 0 Å². The molecule has 1 aromatic carbocycles. The van der Waals surface area contributed by atoms with Gasteiger partial charge < -0.3 is 0 Å². The van der Waals surface area contributed by atoms with Gasteiger partial charge in [-0.15, -0.1) is 0 Å². The number of benzene rings is 1. The monoisotopic (exact) mass is 323 g/mol. The van der Waals surface area contributed by atoms with Gasteiger partial charge in [-0.05, 0) is 0 Å². The molecule has 47 valence electrons. The number of rotatable bonds is 1. The molecule has 0 radical (unpaired) electrons. The van der Waals surface area contributed by atoms with Crippen molar-refractivity contribution in [3.05, 3.63) is 35.9 Å². The summed E-state index contributed by atoms with van der Waals surface area (Å²) in [5.41, 5.74) is 0.637. The fourth-order valence-corrected chi connectivity index (χ4v) is 1.31. The van der Waals surface area contributed by atoms with Gasteiger partial charge in [-0.1, -0.05) is 0 Å². The molecule has 2 nitrogen and oxygen atoms in total.